The smallest absolute Gasteiger partial charge is 0.271 e. The number of amides is 1. The molecule has 2 unspecified atom stereocenters. The van der Waals surface area contributed by atoms with E-state index in [0.29, 0.717) is 17.9 Å². The predicted octanol–water partition coefficient (Wildman–Crippen LogP) is 2.49. The number of rotatable bonds is 3. The molecule has 1 aliphatic carbocycles. The minimum absolute atomic E-state index is 0.0792. The molecule has 0 radical (unpaired) electrons. The Bertz CT molecular complexity index is 480. The van der Waals surface area contributed by atoms with Gasteiger partial charge in [0, 0.05) is 12.6 Å². The van der Waals surface area contributed by atoms with Crippen molar-refractivity contribution >= 4 is 11.6 Å². The SMILES string of the molecule is CCn1nc(C)c(N)c1C(=O)NC1CCCC(C)CC1. The number of carbonyl (C=O) groups excluding carboxylic acids is 1. The maximum Gasteiger partial charge on any atom is 0.271 e. The third kappa shape index (κ3) is 3.14. The number of nitrogen functional groups attached to an aromatic ring is 1. The highest BCUT2D eigenvalue weighted by molar-refractivity contribution is 5.98. The number of nitrogens with zero attached hydrogens (tertiary/aromatic N) is 2. The van der Waals surface area contributed by atoms with Crippen LogP contribution in [0.25, 0.3) is 0 Å². The van der Waals surface area contributed by atoms with Crippen LogP contribution in [0.2, 0.25) is 0 Å². The maximum atomic E-state index is 12.5. The molecule has 0 saturated heterocycles. The summed E-state index contributed by atoms with van der Waals surface area (Å²) in [6, 6.07) is 0.271. The summed E-state index contributed by atoms with van der Waals surface area (Å²) in [5.74, 6) is 0.690. The number of nitrogens with two attached hydrogens (primary N) is 1. The third-order valence-electron chi connectivity index (χ3n) is 4.28. The zero-order chi connectivity index (χ0) is 14.7. The second-order valence-corrected chi connectivity index (χ2v) is 5.95. The van der Waals surface area contributed by atoms with Crippen LogP contribution in [0.3, 0.4) is 0 Å². The summed E-state index contributed by atoms with van der Waals surface area (Å²) in [6.07, 6.45) is 5.77. The second-order valence-electron chi connectivity index (χ2n) is 5.95. The molecule has 0 aromatic carbocycles. The van der Waals surface area contributed by atoms with Crippen LogP contribution in [0.4, 0.5) is 5.69 Å². The molecular formula is C15H26N4O. The van der Waals surface area contributed by atoms with E-state index in [0.717, 1.165) is 24.5 Å². The van der Waals surface area contributed by atoms with E-state index in [9.17, 15) is 4.79 Å². The Labute approximate surface area is 120 Å². The van der Waals surface area contributed by atoms with Crippen molar-refractivity contribution < 1.29 is 4.79 Å². The molecule has 2 rings (SSSR count). The molecule has 1 saturated carbocycles. The molecule has 5 nitrogen and oxygen atoms in total. The number of aromatic nitrogens is 2. The van der Waals surface area contributed by atoms with Gasteiger partial charge in [0.15, 0.2) is 0 Å². The average molecular weight is 278 g/mol. The Morgan fingerprint density at radius 2 is 2.15 bits per heavy atom. The molecule has 20 heavy (non-hydrogen) atoms. The zero-order valence-corrected chi connectivity index (χ0v) is 12.8. The van der Waals surface area contributed by atoms with Crippen molar-refractivity contribution in [1.29, 1.82) is 0 Å². The van der Waals surface area contributed by atoms with Gasteiger partial charge in [-0.2, -0.15) is 5.10 Å². The molecule has 112 valence electrons. The molecule has 0 aliphatic heterocycles. The Balaban J connectivity index is 2.08. The van der Waals surface area contributed by atoms with E-state index in [1.807, 2.05) is 13.8 Å². The summed E-state index contributed by atoms with van der Waals surface area (Å²) in [5, 5.41) is 7.45. The molecule has 1 fully saturated rings. The lowest BCUT2D eigenvalue weighted by molar-refractivity contribution is 0.0923. The fourth-order valence-corrected chi connectivity index (χ4v) is 2.95. The zero-order valence-electron chi connectivity index (χ0n) is 12.8. The quantitative estimate of drug-likeness (QED) is 0.834. The van der Waals surface area contributed by atoms with Crippen LogP contribution >= 0.6 is 0 Å². The van der Waals surface area contributed by atoms with Crippen LogP contribution in [-0.2, 0) is 6.54 Å². The summed E-state index contributed by atoms with van der Waals surface area (Å²) >= 11 is 0. The summed E-state index contributed by atoms with van der Waals surface area (Å²) in [7, 11) is 0. The van der Waals surface area contributed by atoms with E-state index < -0.39 is 0 Å². The lowest BCUT2D eigenvalue weighted by atomic mass is 10.0. The minimum atomic E-state index is -0.0792. The van der Waals surface area contributed by atoms with E-state index in [1.165, 1.54) is 19.3 Å². The Morgan fingerprint density at radius 3 is 2.85 bits per heavy atom. The van der Waals surface area contributed by atoms with E-state index in [2.05, 4.69) is 17.3 Å². The van der Waals surface area contributed by atoms with E-state index in [1.54, 1.807) is 4.68 Å². The summed E-state index contributed by atoms with van der Waals surface area (Å²) in [4.78, 5) is 12.5. The molecule has 1 aliphatic rings. The summed E-state index contributed by atoms with van der Waals surface area (Å²) in [6.45, 7) is 6.75. The van der Waals surface area contributed by atoms with Crippen molar-refractivity contribution in [3.63, 3.8) is 0 Å². The van der Waals surface area contributed by atoms with Gasteiger partial charge in [-0.1, -0.05) is 19.8 Å². The lowest BCUT2D eigenvalue weighted by Crippen LogP contribution is -2.36. The topological polar surface area (TPSA) is 72.9 Å². The first-order chi connectivity index (χ1) is 9.52. The first kappa shape index (κ1) is 14.9. The van der Waals surface area contributed by atoms with Gasteiger partial charge in [-0.05, 0) is 39.0 Å². The van der Waals surface area contributed by atoms with Gasteiger partial charge in [0.05, 0.1) is 11.4 Å². The van der Waals surface area contributed by atoms with Gasteiger partial charge in [0.25, 0.3) is 5.91 Å². The normalized spacial score (nSPS) is 23.4. The van der Waals surface area contributed by atoms with Gasteiger partial charge in [0.1, 0.15) is 5.69 Å². The van der Waals surface area contributed by atoms with Crippen molar-refractivity contribution in [1.82, 2.24) is 15.1 Å². The van der Waals surface area contributed by atoms with Crippen molar-refractivity contribution in [3.8, 4) is 0 Å². The van der Waals surface area contributed by atoms with Crippen molar-refractivity contribution in [2.24, 2.45) is 5.92 Å². The van der Waals surface area contributed by atoms with Gasteiger partial charge in [-0.3, -0.25) is 9.48 Å². The van der Waals surface area contributed by atoms with Crippen LogP contribution < -0.4 is 11.1 Å². The number of hydrogen-bond acceptors (Lipinski definition) is 3. The Kier molecular flexibility index (Phi) is 4.68. The highest BCUT2D eigenvalue weighted by Crippen LogP contribution is 2.23. The third-order valence-corrected chi connectivity index (χ3v) is 4.28. The van der Waals surface area contributed by atoms with Crippen LogP contribution in [0.5, 0.6) is 0 Å². The predicted molar refractivity (Wildman–Crippen MR) is 80.6 cm³/mol. The molecule has 0 bridgehead atoms. The van der Waals surface area contributed by atoms with Crippen molar-refractivity contribution in [2.45, 2.75) is 65.5 Å². The summed E-state index contributed by atoms with van der Waals surface area (Å²) < 4.78 is 1.69. The maximum absolute atomic E-state index is 12.5. The minimum Gasteiger partial charge on any atom is -0.395 e. The molecule has 1 amide bonds. The fraction of sp³-hybridized carbons (Fsp3) is 0.733. The molecule has 2 atom stereocenters. The van der Waals surface area contributed by atoms with Gasteiger partial charge < -0.3 is 11.1 Å². The molecule has 1 aromatic rings. The highest BCUT2D eigenvalue weighted by Gasteiger charge is 2.23. The van der Waals surface area contributed by atoms with E-state index in [4.69, 9.17) is 5.73 Å². The number of carbonyl (C=O) groups is 1. The highest BCUT2D eigenvalue weighted by atomic mass is 16.2. The van der Waals surface area contributed by atoms with Gasteiger partial charge in [0.2, 0.25) is 0 Å². The monoisotopic (exact) mass is 278 g/mol. The first-order valence-corrected chi connectivity index (χ1v) is 7.66. The standard InChI is InChI=1S/C15H26N4O/c1-4-19-14(13(16)11(3)18-19)15(20)17-12-7-5-6-10(2)8-9-12/h10,12H,4-9,16H2,1-3H3,(H,17,20). The number of nitrogens with one attached hydrogen (secondary N) is 1. The number of aryl methyl sites for hydroxylation is 2. The molecule has 0 spiro atoms. The fourth-order valence-electron chi connectivity index (χ4n) is 2.95. The number of anilines is 1. The Hall–Kier alpha value is -1.52. The van der Waals surface area contributed by atoms with Gasteiger partial charge >= 0.3 is 0 Å². The largest absolute Gasteiger partial charge is 0.395 e. The second kappa shape index (κ2) is 6.29. The van der Waals surface area contributed by atoms with Gasteiger partial charge in [-0.25, -0.2) is 0 Å². The lowest BCUT2D eigenvalue weighted by Gasteiger charge is -2.17. The molecule has 3 N–H and O–H groups in total. The van der Waals surface area contributed by atoms with Crippen LogP contribution in [0, 0.1) is 12.8 Å². The van der Waals surface area contributed by atoms with Crippen LogP contribution in [0.1, 0.15) is 62.1 Å². The van der Waals surface area contributed by atoms with Crippen LogP contribution in [-0.4, -0.2) is 21.7 Å². The van der Waals surface area contributed by atoms with Gasteiger partial charge in [-0.15, -0.1) is 0 Å². The Morgan fingerprint density at radius 1 is 1.40 bits per heavy atom. The first-order valence-electron chi connectivity index (χ1n) is 7.66. The van der Waals surface area contributed by atoms with E-state index in [-0.39, 0.29) is 11.9 Å². The number of hydrogen-bond donors (Lipinski definition) is 2. The average Bonchev–Trinajstić information content (AvgIpc) is 2.57. The van der Waals surface area contributed by atoms with Crippen molar-refractivity contribution in [2.75, 3.05) is 5.73 Å². The molecule has 5 heteroatoms. The van der Waals surface area contributed by atoms with E-state index >= 15 is 0 Å². The summed E-state index contributed by atoms with van der Waals surface area (Å²) in [5.41, 5.74) is 7.74. The molecular weight excluding hydrogens is 252 g/mol. The van der Waals surface area contributed by atoms with Crippen LogP contribution in [0.15, 0.2) is 0 Å². The van der Waals surface area contributed by atoms with Crippen molar-refractivity contribution in [3.05, 3.63) is 11.4 Å². The molecule has 1 heterocycles. The molecule has 1 aromatic heterocycles.